The molecule has 8 heteroatoms. The summed E-state index contributed by atoms with van der Waals surface area (Å²) in [5, 5.41) is 5.22. The molecule has 0 unspecified atom stereocenters. The van der Waals surface area contributed by atoms with E-state index in [4.69, 9.17) is 9.47 Å². The molecule has 2 amide bonds. The van der Waals surface area contributed by atoms with Crippen LogP contribution in [0.3, 0.4) is 0 Å². The highest BCUT2D eigenvalue weighted by atomic mass is 79.9. The average Bonchev–Trinajstić information content (AvgIpc) is 2.74. The molecule has 154 valence electrons. The Bertz CT molecular complexity index is 1060. The summed E-state index contributed by atoms with van der Waals surface area (Å²) >= 11 is 3.16. The van der Waals surface area contributed by atoms with Gasteiger partial charge in [-0.1, -0.05) is 22.0 Å². The van der Waals surface area contributed by atoms with E-state index < -0.39 is 11.7 Å². The van der Waals surface area contributed by atoms with E-state index in [0.717, 1.165) is 0 Å². The number of amides is 2. The van der Waals surface area contributed by atoms with Crippen molar-refractivity contribution in [3.8, 4) is 11.5 Å². The Morgan fingerprint density at radius 3 is 2.43 bits per heavy atom. The molecule has 0 aromatic heterocycles. The fourth-order valence-electron chi connectivity index (χ4n) is 2.53. The van der Waals surface area contributed by atoms with Crippen LogP contribution in [0, 0.1) is 5.82 Å². The number of benzene rings is 3. The lowest BCUT2D eigenvalue weighted by Gasteiger charge is -2.10. The van der Waals surface area contributed by atoms with E-state index in [2.05, 4.69) is 26.6 Å². The van der Waals surface area contributed by atoms with E-state index in [0.29, 0.717) is 27.2 Å². The zero-order valence-corrected chi connectivity index (χ0v) is 17.5. The normalized spacial score (nSPS) is 10.2. The third kappa shape index (κ3) is 5.81. The van der Waals surface area contributed by atoms with Crippen LogP contribution in [0.15, 0.2) is 71.2 Å². The van der Waals surface area contributed by atoms with Gasteiger partial charge in [0.2, 0.25) is 0 Å². The fraction of sp³-hybridized carbons (Fsp3) is 0.0909. The standard InChI is InChI=1S/C22H18BrFN2O4/c1-29-18-4-2-3-16(12-18)25-21(27)13-30-17-8-5-14(6-9-17)22(28)26-20-10-7-15(23)11-19(20)24/h2-12H,13H2,1H3,(H,25,27)(H,26,28). The minimum absolute atomic E-state index is 0.0812. The Labute approximate surface area is 181 Å². The minimum Gasteiger partial charge on any atom is -0.497 e. The minimum atomic E-state index is -0.542. The molecule has 3 rings (SSSR count). The van der Waals surface area contributed by atoms with Gasteiger partial charge < -0.3 is 20.1 Å². The van der Waals surface area contributed by atoms with Crippen LogP contribution in [0.1, 0.15) is 10.4 Å². The first kappa shape index (κ1) is 21.3. The SMILES string of the molecule is COc1cccc(NC(=O)COc2ccc(C(=O)Nc3ccc(Br)cc3F)cc2)c1. The number of carbonyl (C=O) groups is 2. The van der Waals surface area contributed by atoms with Gasteiger partial charge in [0.15, 0.2) is 6.61 Å². The summed E-state index contributed by atoms with van der Waals surface area (Å²) in [5.41, 5.74) is 0.999. The summed E-state index contributed by atoms with van der Waals surface area (Å²) in [6, 6.07) is 17.5. The van der Waals surface area contributed by atoms with Gasteiger partial charge in [0.1, 0.15) is 17.3 Å². The maximum Gasteiger partial charge on any atom is 0.262 e. The summed E-state index contributed by atoms with van der Waals surface area (Å²) < 4.78 is 25.0. The molecule has 0 saturated carbocycles. The third-order valence-electron chi connectivity index (χ3n) is 4.02. The molecule has 0 radical (unpaired) electrons. The number of methoxy groups -OCH3 is 1. The van der Waals surface area contributed by atoms with Crippen molar-refractivity contribution in [2.75, 3.05) is 24.4 Å². The van der Waals surface area contributed by atoms with E-state index in [-0.39, 0.29) is 18.2 Å². The highest BCUT2D eigenvalue weighted by Gasteiger charge is 2.10. The van der Waals surface area contributed by atoms with Gasteiger partial charge >= 0.3 is 0 Å². The number of ether oxygens (including phenoxy) is 2. The Kier molecular flexibility index (Phi) is 7.03. The maximum absolute atomic E-state index is 13.9. The quantitative estimate of drug-likeness (QED) is 0.514. The van der Waals surface area contributed by atoms with Gasteiger partial charge in [0.25, 0.3) is 11.8 Å². The van der Waals surface area contributed by atoms with Gasteiger partial charge in [-0.15, -0.1) is 0 Å². The van der Waals surface area contributed by atoms with Gasteiger partial charge in [-0.2, -0.15) is 0 Å². The second-order valence-corrected chi connectivity index (χ2v) is 7.09. The molecule has 0 fully saturated rings. The predicted octanol–water partition coefficient (Wildman–Crippen LogP) is 4.87. The number of halogens is 2. The predicted molar refractivity (Wildman–Crippen MR) is 116 cm³/mol. The molecular formula is C22H18BrFN2O4. The van der Waals surface area contributed by atoms with E-state index in [1.165, 1.54) is 24.3 Å². The molecule has 30 heavy (non-hydrogen) atoms. The van der Waals surface area contributed by atoms with Crippen molar-refractivity contribution in [1.82, 2.24) is 0 Å². The van der Waals surface area contributed by atoms with Crippen molar-refractivity contribution in [2.24, 2.45) is 0 Å². The highest BCUT2D eigenvalue weighted by Crippen LogP contribution is 2.21. The summed E-state index contributed by atoms with van der Waals surface area (Å²) in [6.07, 6.45) is 0. The van der Waals surface area contributed by atoms with Crippen LogP contribution in [0.25, 0.3) is 0 Å². The monoisotopic (exact) mass is 472 g/mol. The lowest BCUT2D eigenvalue weighted by Crippen LogP contribution is -2.20. The van der Waals surface area contributed by atoms with Gasteiger partial charge in [-0.25, -0.2) is 4.39 Å². The Balaban J connectivity index is 1.53. The molecular weight excluding hydrogens is 455 g/mol. The van der Waals surface area contributed by atoms with Crippen molar-refractivity contribution < 1.29 is 23.5 Å². The number of nitrogens with one attached hydrogen (secondary N) is 2. The number of carbonyl (C=O) groups excluding carboxylic acids is 2. The van der Waals surface area contributed by atoms with Crippen molar-refractivity contribution in [1.29, 1.82) is 0 Å². The zero-order chi connectivity index (χ0) is 21.5. The first-order valence-corrected chi connectivity index (χ1v) is 9.67. The zero-order valence-electron chi connectivity index (χ0n) is 15.9. The number of rotatable bonds is 7. The molecule has 0 aliphatic heterocycles. The van der Waals surface area contributed by atoms with Crippen LogP contribution < -0.4 is 20.1 Å². The van der Waals surface area contributed by atoms with Crippen LogP contribution in [0.4, 0.5) is 15.8 Å². The lowest BCUT2D eigenvalue weighted by atomic mass is 10.2. The topological polar surface area (TPSA) is 76.7 Å². The molecule has 6 nitrogen and oxygen atoms in total. The Morgan fingerprint density at radius 2 is 1.73 bits per heavy atom. The van der Waals surface area contributed by atoms with Gasteiger partial charge in [0.05, 0.1) is 12.8 Å². The Morgan fingerprint density at radius 1 is 0.967 bits per heavy atom. The molecule has 0 atom stereocenters. The van der Waals surface area contributed by atoms with Gasteiger partial charge in [-0.3, -0.25) is 9.59 Å². The number of anilines is 2. The fourth-order valence-corrected chi connectivity index (χ4v) is 2.87. The molecule has 3 aromatic rings. The molecule has 2 N–H and O–H groups in total. The van der Waals surface area contributed by atoms with Crippen molar-refractivity contribution >= 4 is 39.1 Å². The van der Waals surface area contributed by atoms with Crippen LogP contribution in [0.2, 0.25) is 0 Å². The van der Waals surface area contributed by atoms with Crippen molar-refractivity contribution in [3.63, 3.8) is 0 Å². The molecule has 0 aliphatic carbocycles. The second kappa shape index (κ2) is 9.89. The van der Waals surface area contributed by atoms with Crippen LogP contribution in [0.5, 0.6) is 11.5 Å². The Hall–Kier alpha value is -3.39. The smallest absolute Gasteiger partial charge is 0.262 e. The molecule has 0 aliphatic rings. The van der Waals surface area contributed by atoms with Crippen LogP contribution in [-0.2, 0) is 4.79 Å². The highest BCUT2D eigenvalue weighted by molar-refractivity contribution is 9.10. The van der Waals surface area contributed by atoms with Gasteiger partial charge in [-0.05, 0) is 54.6 Å². The molecule has 0 heterocycles. The van der Waals surface area contributed by atoms with Crippen LogP contribution >= 0.6 is 15.9 Å². The molecule has 0 saturated heterocycles. The number of hydrogen-bond donors (Lipinski definition) is 2. The van der Waals surface area contributed by atoms with E-state index in [1.54, 1.807) is 49.6 Å². The average molecular weight is 473 g/mol. The summed E-state index contributed by atoms with van der Waals surface area (Å²) in [5.74, 6) is -0.290. The van der Waals surface area contributed by atoms with E-state index in [9.17, 15) is 14.0 Å². The molecule has 0 bridgehead atoms. The maximum atomic E-state index is 13.9. The summed E-state index contributed by atoms with van der Waals surface area (Å²) in [4.78, 5) is 24.3. The molecule has 0 spiro atoms. The van der Waals surface area contributed by atoms with E-state index >= 15 is 0 Å². The van der Waals surface area contributed by atoms with Crippen molar-refractivity contribution in [3.05, 3.63) is 82.6 Å². The third-order valence-corrected chi connectivity index (χ3v) is 4.51. The molecule has 3 aromatic carbocycles. The largest absolute Gasteiger partial charge is 0.497 e. The van der Waals surface area contributed by atoms with Gasteiger partial charge in [0, 0.05) is 21.8 Å². The first-order valence-electron chi connectivity index (χ1n) is 8.88. The first-order chi connectivity index (χ1) is 14.4. The van der Waals surface area contributed by atoms with E-state index in [1.807, 2.05) is 0 Å². The number of hydrogen-bond acceptors (Lipinski definition) is 4. The lowest BCUT2D eigenvalue weighted by molar-refractivity contribution is -0.118. The summed E-state index contributed by atoms with van der Waals surface area (Å²) in [6.45, 7) is -0.202. The second-order valence-electron chi connectivity index (χ2n) is 6.17. The van der Waals surface area contributed by atoms with Crippen molar-refractivity contribution in [2.45, 2.75) is 0 Å². The van der Waals surface area contributed by atoms with Crippen LogP contribution in [-0.4, -0.2) is 25.5 Å². The summed E-state index contributed by atoms with van der Waals surface area (Å²) in [7, 11) is 1.55.